The van der Waals surface area contributed by atoms with E-state index in [4.69, 9.17) is 15.5 Å². The van der Waals surface area contributed by atoms with E-state index in [2.05, 4.69) is 16.0 Å². The van der Waals surface area contributed by atoms with Gasteiger partial charge in [-0.05, 0) is 25.2 Å². The maximum absolute atomic E-state index is 12.7. The molecule has 0 heterocycles. The van der Waals surface area contributed by atoms with Crippen LogP contribution in [0.3, 0.4) is 0 Å². The van der Waals surface area contributed by atoms with Crippen molar-refractivity contribution in [2.24, 2.45) is 17.6 Å². The van der Waals surface area contributed by atoms with E-state index in [0.29, 0.717) is 6.42 Å². The van der Waals surface area contributed by atoms with Gasteiger partial charge in [0.25, 0.3) is 0 Å². The summed E-state index contributed by atoms with van der Waals surface area (Å²) in [5.41, 5.74) is 5.82. The third-order valence-corrected chi connectivity index (χ3v) is 5.47. The van der Waals surface area contributed by atoms with Gasteiger partial charge in [-0.1, -0.05) is 41.0 Å². The van der Waals surface area contributed by atoms with Gasteiger partial charge in [0.15, 0.2) is 0 Å². The molecule has 0 aliphatic rings. The zero-order valence-electron chi connectivity index (χ0n) is 17.4. The van der Waals surface area contributed by atoms with Gasteiger partial charge in [0, 0.05) is 0 Å². The second-order valence-electron chi connectivity index (χ2n) is 7.62. The molecule has 0 saturated heterocycles. The molecule has 0 radical (unpaired) electrons. The van der Waals surface area contributed by atoms with E-state index in [1.807, 2.05) is 6.92 Å². The Labute approximate surface area is 166 Å². The van der Waals surface area contributed by atoms with Gasteiger partial charge < -0.3 is 31.5 Å². The SMILES string of the molecule is CCC[C@H](NC(=O)[C@@H](NC(=O)[C@@H](N)C(C)C)C(C)C)C(=O)N[C@@H](C)P(=O)(O)O. The van der Waals surface area contributed by atoms with Crippen LogP contribution in [0.2, 0.25) is 0 Å². The van der Waals surface area contributed by atoms with Gasteiger partial charge in [0.1, 0.15) is 17.9 Å². The molecule has 28 heavy (non-hydrogen) atoms. The van der Waals surface area contributed by atoms with E-state index in [1.54, 1.807) is 27.7 Å². The topological polar surface area (TPSA) is 171 Å². The van der Waals surface area contributed by atoms with Crippen LogP contribution in [-0.2, 0) is 18.9 Å². The Hall–Kier alpha value is -1.48. The Bertz CT molecular complexity index is 592. The summed E-state index contributed by atoms with van der Waals surface area (Å²) in [7, 11) is -4.49. The minimum atomic E-state index is -4.49. The van der Waals surface area contributed by atoms with Gasteiger partial charge in [0.2, 0.25) is 17.7 Å². The van der Waals surface area contributed by atoms with E-state index >= 15 is 0 Å². The van der Waals surface area contributed by atoms with Gasteiger partial charge in [-0.25, -0.2) is 0 Å². The van der Waals surface area contributed by atoms with Crippen LogP contribution in [0.1, 0.15) is 54.4 Å². The summed E-state index contributed by atoms with van der Waals surface area (Å²) in [6.45, 7) is 10.1. The van der Waals surface area contributed by atoms with Gasteiger partial charge in [0.05, 0.1) is 6.04 Å². The van der Waals surface area contributed by atoms with Crippen LogP contribution in [0.25, 0.3) is 0 Å². The number of nitrogens with two attached hydrogens (primary N) is 1. The highest BCUT2D eigenvalue weighted by atomic mass is 31.2. The second kappa shape index (κ2) is 11.5. The first-order chi connectivity index (χ1) is 12.7. The second-order valence-corrected chi connectivity index (χ2v) is 9.58. The van der Waals surface area contributed by atoms with Gasteiger partial charge >= 0.3 is 7.60 Å². The monoisotopic (exact) mass is 422 g/mol. The van der Waals surface area contributed by atoms with Crippen molar-refractivity contribution in [2.45, 2.75) is 78.3 Å². The zero-order valence-corrected chi connectivity index (χ0v) is 18.3. The highest BCUT2D eigenvalue weighted by molar-refractivity contribution is 7.52. The molecule has 0 aromatic heterocycles. The molecule has 0 unspecified atom stereocenters. The molecule has 0 aromatic carbocycles. The molecular weight excluding hydrogens is 387 g/mol. The zero-order chi connectivity index (χ0) is 22.2. The third kappa shape index (κ3) is 8.68. The number of nitrogens with one attached hydrogen (secondary N) is 3. The minimum Gasteiger partial charge on any atom is -0.343 e. The normalized spacial score (nSPS) is 16.2. The fourth-order valence-electron chi connectivity index (χ4n) is 2.30. The summed E-state index contributed by atoms with van der Waals surface area (Å²) in [6, 6.07) is -2.65. The molecule has 4 atom stereocenters. The van der Waals surface area contributed by atoms with Crippen molar-refractivity contribution in [2.75, 3.05) is 0 Å². The number of rotatable bonds is 11. The number of carbonyl (C=O) groups is 3. The highest BCUT2D eigenvalue weighted by Crippen LogP contribution is 2.39. The number of hydrogen-bond acceptors (Lipinski definition) is 5. The van der Waals surface area contributed by atoms with Crippen LogP contribution < -0.4 is 21.7 Å². The summed E-state index contributed by atoms with van der Waals surface area (Å²) in [5, 5.41) is 7.41. The molecule has 0 rings (SSSR count). The average Bonchev–Trinajstić information content (AvgIpc) is 2.56. The summed E-state index contributed by atoms with van der Waals surface area (Å²) in [5.74, 6) is -3.46. The molecule has 0 saturated carbocycles. The first kappa shape index (κ1) is 26.5. The molecule has 3 amide bonds. The van der Waals surface area contributed by atoms with Crippen LogP contribution in [0.5, 0.6) is 0 Å². The molecule has 7 N–H and O–H groups in total. The molecule has 164 valence electrons. The number of amides is 3. The Morgan fingerprint density at radius 3 is 1.82 bits per heavy atom. The fourth-order valence-corrected chi connectivity index (χ4v) is 2.59. The third-order valence-electron chi connectivity index (χ3n) is 4.33. The molecule has 0 bridgehead atoms. The van der Waals surface area contributed by atoms with E-state index in [9.17, 15) is 18.9 Å². The van der Waals surface area contributed by atoms with Crippen LogP contribution in [0, 0.1) is 11.8 Å². The molecular formula is C17H35N4O6P. The molecule has 0 fully saturated rings. The molecule has 0 aliphatic heterocycles. The molecule has 11 heteroatoms. The minimum absolute atomic E-state index is 0.108. The van der Waals surface area contributed by atoms with E-state index in [1.165, 1.54) is 6.92 Å². The van der Waals surface area contributed by atoms with E-state index < -0.39 is 49.2 Å². The molecule has 0 spiro atoms. The lowest BCUT2D eigenvalue weighted by atomic mass is 9.99. The lowest BCUT2D eigenvalue weighted by Crippen LogP contribution is -2.58. The van der Waals surface area contributed by atoms with E-state index in [-0.39, 0.29) is 18.3 Å². The Balaban J connectivity index is 5.23. The van der Waals surface area contributed by atoms with Crippen LogP contribution >= 0.6 is 7.60 Å². The lowest BCUT2D eigenvalue weighted by molar-refractivity contribution is -0.133. The van der Waals surface area contributed by atoms with Gasteiger partial charge in [-0.3, -0.25) is 18.9 Å². The van der Waals surface area contributed by atoms with Crippen LogP contribution in [0.15, 0.2) is 0 Å². The standard InChI is InChI=1S/C17H35N4O6P/c1-7-8-12(15(22)19-11(6)28(25,26)27)20-17(24)14(10(4)5)21-16(23)13(18)9(2)3/h9-14H,7-8,18H2,1-6H3,(H,19,22)(H,20,24)(H,21,23)(H2,25,26,27)/t11-,12+,13+,14+/m1/s1. The number of hydrogen-bond donors (Lipinski definition) is 6. The summed E-state index contributed by atoms with van der Waals surface area (Å²) < 4.78 is 11.2. The van der Waals surface area contributed by atoms with Crippen molar-refractivity contribution in [3.05, 3.63) is 0 Å². The quantitative estimate of drug-likeness (QED) is 0.255. The highest BCUT2D eigenvalue weighted by Gasteiger charge is 2.32. The van der Waals surface area contributed by atoms with Crippen molar-refractivity contribution in [1.82, 2.24) is 16.0 Å². The first-order valence-corrected chi connectivity index (χ1v) is 11.1. The molecule has 10 nitrogen and oxygen atoms in total. The Morgan fingerprint density at radius 2 is 1.43 bits per heavy atom. The van der Waals surface area contributed by atoms with Crippen molar-refractivity contribution < 1.29 is 28.7 Å². The van der Waals surface area contributed by atoms with Crippen molar-refractivity contribution in [3.63, 3.8) is 0 Å². The maximum atomic E-state index is 12.7. The average molecular weight is 422 g/mol. The predicted molar refractivity (Wildman–Crippen MR) is 106 cm³/mol. The molecule has 0 aromatic rings. The van der Waals surface area contributed by atoms with Crippen molar-refractivity contribution >= 4 is 25.3 Å². The maximum Gasteiger partial charge on any atom is 0.347 e. The number of carbonyl (C=O) groups excluding carboxylic acids is 3. The lowest BCUT2D eigenvalue weighted by Gasteiger charge is -2.27. The van der Waals surface area contributed by atoms with Crippen LogP contribution in [0.4, 0.5) is 0 Å². The van der Waals surface area contributed by atoms with Gasteiger partial charge in [-0.2, -0.15) is 0 Å². The van der Waals surface area contributed by atoms with Crippen molar-refractivity contribution in [1.29, 1.82) is 0 Å². The van der Waals surface area contributed by atoms with E-state index in [0.717, 1.165) is 0 Å². The molecule has 0 aliphatic carbocycles. The van der Waals surface area contributed by atoms with Crippen molar-refractivity contribution in [3.8, 4) is 0 Å². The summed E-state index contributed by atoms with van der Waals surface area (Å²) >= 11 is 0. The Morgan fingerprint density at radius 1 is 0.893 bits per heavy atom. The summed E-state index contributed by atoms with van der Waals surface area (Å²) in [4.78, 5) is 55.5. The predicted octanol–water partition coefficient (Wildman–Crippen LogP) is 0.0353. The summed E-state index contributed by atoms with van der Waals surface area (Å²) in [6.07, 6.45) is 0.829. The van der Waals surface area contributed by atoms with Gasteiger partial charge in [-0.15, -0.1) is 0 Å². The smallest absolute Gasteiger partial charge is 0.343 e. The Kier molecular flexibility index (Phi) is 10.9. The fraction of sp³-hybridized carbons (Fsp3) is 0.824. The van der Waals surface area contributed by atoms with Crippen LogP contribution in [-0.4, -0.2) is 51.4 Å². The largest absolute Gasteiger partial charge is 0.347 e. The first-order valence-electron chi connectivity index (χ1n) is 9.44.